The predicted octanol–water partition coefficient (Wildman–Crippen LogP) is 5.86. The number of rotatable bonds is 5. The molecular formula is C20H38NP. The molecule has 0 N–H and O–H groups in total. The van der Waals surface area contributed by atoms with Gasteiger partial charge in [-0.05, 0) is 82.4 Å². The van der Waals surface area contributed by atoms with E-state index in [4.69, 9.17) is 0 Å². The van der Waals surface area contributed by atoms with Gasteiger partial charge >= 0.3 is 0 Å². The SMILES string of the molecule is C[C@@H](C1CCCC1[P@@](C1CCCCC1)C1CCCC1)N(C)C. The lowest BCUT2D eigenvalue weighted by molar-refractivity contribution is 0.231. The molecular weight excluding hydrogens is 285 g/mol. The first kappa shape index (κ1) is 17.2. The summed E-state index contributed by atoms with van der Waals surface area (Å²) in [5.74, 6) is 1.00. The van der Waals surface area contributed by atoms with Crippen molar-refractivity contribution in [2.75, 3.05) is 14.1 Å². The van der Waals surface area contributed by atoms with Crippen LogP contribution in [0.15, 0.2) is 0 Å². The smallest absolute Gasteiger partial charge is 0.00951 e. The second-order valence-electron chi connectivity index (χ2n) is 8.54. The van der Waals surface area contributed by atoms with Crippen LogP contribution in [0.2, 0.25) is 0 Å². The normalized spacial score (nSPS) is 34.4. The fourth-order valence-corrected chi connectivity index (χ4v) is 10.6. The minimum absolute atomic E-state index is 0.296. The second kappa shape index (κ2) is 7.98. The maximum atomic E-state index is 2.51. The standard InChI is InChI=1S/C20H38NP/c1-16(21(2)3)19-14-9-15-20(19)22(18-12-7-8-13-18)17-10-5-4-6-11-17/h16-20H,4-15H2,1-3H3/t16-,19?,20?,22-/m0/s1. The first-order chi connectivity index (χ1) is 10.7. The Morgan fingerprint density at radius 2 is 1.27 bits per heavy atom. The average molecular weight is 324 g/mol. The van der Waals surface area contributed by atoms with Gasteiger partial charge in [0.1, 0.15) is 0 Å². The van der Waals surface area contributed by atoms with E-state index in [1.165, 1.54) is 44.9 Å². The van der Waals surface area contributed by atoms with E-state index in [0.29, 0.717) is 7.92 Å². The molecule has 2 heteroatoms. The van der Waals surface area contributed by atoms with Crippen molar-refractivity contribution in [2.24, 2.45) is 5.92 Å². The van der Waals surface area contributed by atoms with Gasteiger partial charge in [0.2, 0.25) is 0 Å². The summed E-state index contributed by atoms with van der Waals surface area (Å²) >= 11 is 0. The average Bonchev–Trinajstić information content (AvgIpc) is 3.20. The molecule has 0 bridgehead atoms. The van der Waals surface area contributed by atoms with Crippen LogP contribution in [-0.2, 0) is 0 Å². The maximum absolute atomic E-state index is 2.51. The molecule has 3 fully saturated rings. The van der Waals surface area contributed by atoms with E-state index >= 15 is 0 Å². The van der Waals surface area contributed by atoms with Gasteiger partial charge in [0.05, 0.1) is 0 Å². The van der Waals surface area contributed by atoms with Gasteiger partial charge in [0.15, 0.2) is 0 Å². The maximum Gasteiger partial charge on any atom is 0.00951 e. The summed E-state index contributed by atoms with van der Waals surface area (Å²) in [4.78, 5) is 2.51. The quantitative estimate of drug-likeness (QED) is 0.573. The van der Waals surface area contributed by atoms with E-state index in [2.05, 4.69) is 25.9 Å². The molecule has 3 aliphatic rings. The summed E-state index contributed by atoms with van der Waals surface area (Å²) in [5.41, 5.74) is 3.41. The van der Waals surface area contributed by atoms with Gasteiger partial charge in [0, 0.05) is 6.04 Å². The minimum Gasteiger partial charge on any atom is -0.306 e. The highest BCUT2D eigenvalue weighted by Gasteiger charge is 2.43. The summed E-state index contributed by atoms with van der Waals surface area (Å²) < 4.78 is 0. The Hall–Kier alpha value is 0.390. The Morgan fingerprint density at radius 1 is 0.727 bits per heavy atom. The highest BCUT2D eigenvalue weighted by Crippen LogP contribution is 2.64. The third kappa shape index (κ3) is 3.72. The first-order valence-corrected chi connectivity index (χ1v) is 11.7. The predicted molar refractivity (Wildman–Crippen MR) is 100 cm³/mol. The highest BCUT2D eigenvalue weighted by atomic mass is 31.1. The summed E-state index contributed by atoms with van der Waals surface area (Å²) in [6.07, 6.45) is 18.6. The zero-order valence-electron chi connectivity index (χ0n) is 15.3. The van der Waals surface area contributed by atoms with E-state index < -0.39 is 0 Å². The van der Waals surface area contributed by atoms with Crippen molar-refractivity contribution >= 4 is 7.92 Å². The summed E-state index contributed by atoms with van der Waals surface area (Å²) in [7, 11) is 4.90. The van der Waals surface area contributed by atoms with Gasteiger partial charge in [0.25, 0.3) is 0 Å². The lowest BCUT2D eigenvalue weighted by atomic mass is 9.98. The van der Waals surface area contributed by atoms with Gasteiger partial charge in [-0.3, -0.25) is 0 Å². The Morgan fingerprint density at radius 3 is 1.82 bits per heavy atom. The molecule has 2 unspecified atom stereocenters. The summed E-state index contributed by atoms with van der Waals surface area (Å²) in [6.45, 7) is 2.51. The van der Waals surface area contributed by atoms with Crippen LogP contribution in [0.5, 0.6) is 0 Å². The van der Waals surface area contributed by atoms with Crippen molar-refractivity contribution in [2.45, 2.75) is 107 Å². The molecule has 0 aromatic rings. The van der Waals surface area contributed by atoms with E-state index in [0.717, 1.165) is 28.9 Å². The van der Waals surface area contributed by atoms with E-state index in [-0.39, 0.29) is 0 Å². The molecule has 0 aromatic carbocycles. The van der Waals surface area contributed by atoms with E-state index in [9.17, 15) is 0 Å². The molecule has 4 atom stereocenters. The second-order valence-corrected chi connectivity index (χ2v) is 11.6. The molecule has 1 nitrogen and oxygen atoms in total. The first-order valence-electron chi connectivity index (χ1n) is 10.1. The molecule has 128 valence electrons. The van der Waals surface area contributed by atoms with Crippen LogP contribution in [0.1, 0.15) is 84.0 Å². The van der Waals surface area contributed by atoms with Crippen molar-refractivity contribution in [3.05, 3.63) is 0 Å². The van der Waals surface area contributed by atoms with Crippen LogP contribution in [0.4, 0.5) is 0 Å². The van der Waals surface area contributed by atoms with E-state index in [1.807, 2.05) is 0 Å². The third-order valence-electron chi connectivity index (χ3n) is 7.09. The van der Waals surface area contributed by atoms with Crippen molar-refractivity contribution in [1.82, 2.24) is 4.90 Å². The fraction of sp³-hybridized carbons (Fsp3) is 1.00. The molecule has 22 heavy (non-hydrogen) atoms. The van der Waals surface area contributed by atoms with Crippen LogP contribution in [0, 0.1) is 5.92 Å². The van der Waals surface area contributed by atoms with Crippen LogP contribution in [0.25, 0.3) is 0 Å². The number of nitrogens with zero attached hydrogens (tertiary/aromatic N) is 1. The molecule has 0 aliphatic heterocycles. The Kier molecular flexibility index (Phi) is 6.24. The lowest BCUT2D eigenvalue weighted by Gasteiger charge is -2.43. The van der Waals surface area contributed by atoms with E-state index in [1.54, 1.807) is 32.1 Å². The van der Waals surface area contributed by atoms with Crippen LogP contribution in [-0.4, -0.2) is 42.0 Å². The van der Waals surface area contributed by atoms with Crippen molar-refractivity contribution in [3.63, 3.8) is 0 Å². The van der Waals surface area contributed by atoms with Crippen LogP contribution in [0.3, 0.4) is 0 Å². The minimum atomic E-state index is 0.296. The Bertz CT molecular complexity index is 331. The van der Waals surface area contributed by atoms with Gasteiger partial charge in [-0.2, -0.15) is 0 Å². The van der Waals surface area contributed by atoms with Crippen LogP contribution < -0.4 is 0 Å². The van der Waals surface area contributed by atoms with Crippen LogP contribution >= 0.6 is 7.92 Å². The molecule has 0 radical (unpaired) electrons. The molecule has 0 heterocycles. The zero-order valence-corrected chi connectivity index (χ0v) is 16.2. The topological polar surface area (TPSA) is 3.24 Å². The number of hydrogen-bond acceptors (Lipinski definition) is 1. The largest absolute Gasteiger partial charge is 0.306 e. The summed E-state index contributed by atoms with van der Waals surface area (Å²) in [6, 6.07) is 0.794. The van der Waals surface area contributed by atoms with Gasteiger partial charge in [-0.25, -0.2) is 0 Å². The van der Waals surface area contributed by atoms with Crippen molar-refractivity contribution in [3.8, 4) is 0 Å². The van der Waals surface area contributed by atoms with Gasteiger partial charge < -0.3 is 4.90 Å². The monoisotopic (exact) mass is 323 g/mol. The lowest BCUT2D eigenvalue weighted by Crippen LogP contribution is -2.38. The van der Waals surface area contributed by atoms with Crippen molar-refractivity contribution < 1.29 is 0 Å². The Labute approximate surface area is 140 Å². The molecule has 0 spiro atoms. The van der Waals surface area contributed by atoms with Gasteiger partial charge in [-0.15, -0.1) is 0 Å². The molecule has 3 aliphatic carbocycles. The highest BCUT2D eigenvalue weighted by molar-refractivity contribution is 7.60. The molecule has 3 rings (SSSR count). The van der Waals surface area contributed by atoms with Gasteiger partial charge in [-0.1, -0.05) is 46.4 Å². The fourth-order valence-electron chi connectivity index (χ4n) is 5.71. The molecule has 0 aromatic heterocycles. The Balaban J connectivity index is 1.77. The number of hydrogen-bond donors (Lipinski definition) is 0. The molecule has 3 saturated carbocycles. The van der Waals surface area contributed by atoms with Crippen molar-refractivity contribution in [1.29, 1.82) is 0 Å². The molecule has 0 amide bonds. The zero-order chi connectivity index (χ0) is 15.5. The third-order valence-corrected chi connectivity index (χ3v) is 11.2. The molecule has 0 saturated heterocycles. The summed E-state index contributed by atoms with van der Waals surface area (Å²) in [5, 5.41) is 0.